The van der Waals surface area contributed by atoms with E-state index in [9.17, 15) is 14.4 Å². The van der Waals surface area contributed by atoms with Gasteiger partial charge in [-0.15, -0.1) is 0 Å². The highest BCUT2D eigenvalue weighted by molar-refractivity contribution is 6.22. The normalized spacial score (nSPS) is 11.5. The molecule has 0 saturated carbocycles. The molecular formula is C15H8O7. The number of ether oxygens (including phenoxy) is 2. The topological polar surface area (TPSA) is 110 Å². The summed E-state index contributed by atoms with van der Waals surface area (Å²) in [4.78, 5) is 33.4. The lowest BCUT2D eigenvalue weighted by atomic mass is 10.1. The van der Waals surface area contributed by atoms with Crippen LogP contribution in [0.5, 0.6) is 11.5 Å². The van der Waals surface area contributed by atoms with Gasteiger partial charge in [-0.05, 0) is 47.5 Å². The Balaban J connectivity index is 2.06. The number of rotatable bonds is 2. The smallest absolute Gasteiger partial charge is 0.449 e. The van der Waals surface area contributed by atoms with Gasteiger partial charge < -0.3 is 19.7 Å². The minimum absolute atomic E-state index is 0.0365. The molecule has 0 spiro atoms. The molecule has 7 nitrogen and oxygen atoms in total. The average molecular weight is 300 g/mol. The summed E-state index contributed by atoms with van der Waals surface area (Å²) in [5.41, 5.74) is 1.77. The zero-order valence-corrected chi connectivity index (χ0v) is 10.9. The number of carbonyl (C=O) groups excluding carboxylic acids is 1. The average Bonchev–Trinajstić information content (AvgIpc) is 2.70. The highest BCUT2D eigenvalue weighted by Gasteiger charge is 2.28. The van der Waals surface area contributed by atoms with Crippen LogP contribution in [0.2, 0.25) is 0 Å². The van der Waals surface area contributed by atoms with E-state index in [1.165, 1.54) is 30.3 Å². The summed E-state index contributed by atoms with van der Waals surface area (Å²) in [5, 5.41) is 17.2. The molecule has 0 atom stereocenters. The van der Waals surface area contributed by atoms with E-state index in [1.807, 2.05) is 0 Å². The summed E-state index contributed by atoms with van der Waals surface area (Å²) < 4.78 is 9.09. The van der Waals surface area contributed by atoms with Gasteiger partial charge in [0.05, 0.1) is 0 Å². The number of ketones is 1. The third kappa shape index (κ3) is 2.24. The van der Waals surface area contributed by atoms with Crippen LogP contribution >= 0.6 is 0 Å². The SMILES string of the molecule is O=C(O)Oc1ccc2c(c1)C(=O)c1ccc(OC(=O)O)cc1-2. The fourth-order valence-corrected chi connectivity index (χ4v) is 2.36. The Hall–Kier alpha value is -3.35. The van der Waals surface area contributed by atoms with Crippen molar-refractivity contribution in [2.24, 2.45) is 0 Å². The largest absolute Gasteiger partial charge is 0.511 e. The quantitative estimate of drug-likeness (QED) is 0.552. The first-order chi connectivity index (χ1) is 10.5. The number of carbonyl (C=O) groups is 3. The van der Waals surface area contributed by atoms with E-state index in [2.05, 4.69) is 9.47 Å². The van der Waals surface area contributed by atoms with E-state index < -0.39 is 12.3 Å². The molecule has 7 heteroatoms. The first kappa shape index (κ1) is 13.6. The van der Waals surface area contributed by atoms with Gasteiger partial charge in [-0.2, -0.15) is 0 Å². The summed E-state index contributed by atoms with van der Waals surface area (Å²) in [5.74, 6) is -0.158. The Morgan fingerprint density at radius 1 is 0.727 bits per heavy atom. The maximum Gasteiger partial charge on any atom is 0.511 e. The van der Waals surface area contributed by atoms with Crippen molar-refractivity contribution in [2.45, 2.75) is 0 Å². The van der Waals surface area contributed by atoms with E-state index in [0.29, 0.717) is 22.3 Å². The third-order valence-electron chi connectivity index (χ3n) is 3.17. The second-order valence-electron chi connectivity index (χ2n) is 4.48. The highest BCUT2D eigenvalue weighted by atomic mass is 16.7. The monoisotopic (exact) mass is 300 g/mol. The molecule has 0 bridgehead atoms. The Morgan fingerprint density at radius 2 is 1.23 bits per heavy atom. The van der Waals surface area contributed by atoms with Crippen LogP contribution in [-0.4, -0.2) is 28.3 Å². The van der Waals surface area contributed by atoms with Gasteiger partial charge in [-0.25, -0.2) is 9.59 Å². The molecule has 2 N–H and O–H groups in total. The van der Waals surface area contributed by atoms with Crippen LogP contribution in [-0.2, 0) is 0 Å². The molecule has 2 aromatic carbocycles. The molecule has 0 aliphatic heterocycles. The van der Waals surface area contributed by atoms with Crippen LogP contribution in [0.4, 0.5) is 9.59 Å². The first-order valence-corrected chi connectivity index (χ1v) is 6.10. The van der Waals surface area contributed by atoms with Crippen LogP contribution in [0, 0.1) is 0 Å². The molecule has 2 aromatic rings. The molecule has 0 radical (unpaired) electrons. The van der Waals surface area contributed by atoms with Crippen molar-refractivity contribution >= 4 is 18.1 Å². The van der Waals surface area contributed by atoms with E-state index in [0.717, 1.165) is 0 Å². The highest BCUT2D eigenvalue weighted by Crippen LogP contribution is 2.40. The zero-order valence-electron chi connectivity index (χ0n) is 10.9. The Bertz CT molecular complexity index is 823. The molecular weight excluding hydrogens is 292 g/mol. The summed E-state index contributed by atoms with van der Waals surface area (Å²) in [6.45, 7) is 0. The fraction of sp³-hybridized carbons (Fsp3) is 0. The van der Waals surface area contributed by atoms with Crippen LogP contribution in [0.3, 0.4) is 0 Å². The van der Waals surface area contributed by atoms with Crippen LogP contribution in [0.25, 0.3) is 11.1 Å². The first-order valence-electron chi connectivity index (χ1n) is 6.10. The number of carboxylic acid groups (broad SMARTS) is 2. The summed E-state index contributed by atoms with van der Waals surface area (Å²) in [7, 11) is 0. The van der Waals surface area contributed by atoms with Gasteiger partial charge in [0, 0.05) is 11.1 Å². The van der Waals surface area contributed by atoms with E-state index in [4.69, 9.17) is 10.2 Å². The lowest BCUT2D eigenvalue weighted by Crippen LogP contribution is -2.04. The van der Waals surface area contributed by atoms with Crippen molar-refractivity contribution in [3.63, 3.8) is 0 Å². The maximum absolute atomic E-state index is 12.3. The van der Waals surface area contributed by atoms with Crippen molar-refractivity contribution in [3.8, 4) is 22.6 Å². The number of hydrogen-bond acceptors (Lipinski definition) is 5. The Morgan fingerprint density at radius 3 is 1.77 bits per heavy atom. The predicted octanol–water partition coefficient (Wildman–Crippen LogP) is 3.01. The van der Waals surface area contributed by atoms with Gasteiger partial charge in [0.2, 0.25) is 0 Å². The van der Waals surface area contributed by atoms with Gasteiger partial charge in [0.15, 0.2) is 5.78 Å². The van der Waals surface area contributed by atoms with E-state index in [-0.39, 0.29) is 17.3 Å². The number of hydrogen-bond donors (Lipinski definition) is 2. The Labute approximate surface area is 123 Å². The zero-order chi connectivity index (χ0) is 15.9. The predicted molar refractivity (Wildman–Crippen MR) is 72.6 cm³/mol. The molecule has 22 heavy (non-hydrogen) atoms. The van der Waals surface area contributed by atoms with Gasteiger partial charge in [0.25, 0.3) is 0 Å². The summed E-state index contributed by atoms with van der Waals surface area (Å²) >= 11 is 0. The van der Waals surface area contributed by atoms with Crippen LogP contribution < -0.4 is 9.47 Å². The molecule has 0 unspecified atom stereocenters. The van der Waals surface area contributed by atoms with Gasteiger partial charge in [-0.1, -0.05) is 0 Å². The standard InChI is InChI=1S/C15H8O7/c16-13-10-4-2-7(21-14(17)18)5-11(10)9-3-1-8(6-12(9)13)22-15(19)20/h1-6H,(H,17,18)(H,19,20). The lowest BCUT2D eigenvalue weighted by molar-refractivity contribution is 0.104. The van der Waals surface area contributed by atoms with Crippen molar-refractivity contribution in [1.82, 2.24) is 0 Å². The minimum atomic E-state index is -1.47. The Kier molecular flexibility index (Phi) is 3.03. The van der Waals surface area contributed by atoms with Gasteiger partial charge in [0.1, 0.15) is 11.5 Å². The van der Waals surface area contributed by atoms with Crippen molar-refractivity contribution < 1.29 is 34.1 Å². The maximum atomic E-state index is 12.3. The molecule has 0 saturated heterocycles. The van der Waals surface area contributed by atoms with Crippen molar-refractivity contribution in [1.29, 1.82) is 0 Å². The van der Waals surface area contributed by atoms with Crippen molar-refractivity contribution in [2.75, 3.05) is 0 Å². The lowest BCUT2D eigenvalue weighted by Gasteiger charge is -2.04. The summed E-state index contributed by atoms with van der Waals surface area (Å²) in [6, 6.07) is 8.59. The number of benzene rings is 2. The molecule has 1 aliphatic carbocycles. The van der Waals surface area contributed by atoms with Crippen molar-refractivity contribution in [3.05, 3.63) is 47.5 Å². The second-order valence-corrected chi connectivity index (χ2v) is 4.48. The molecule has 1 aliphatic rings. The summed E-state index contributed by atoms with van der Waals surface area (Å²) in [6.07, 6.45) is -2.92. The molecule has 0 fully saturated rings. The van der Waals surface area contributed by atoms with Gasteiger partial charge >= 0.3 is 12.3 Å². The minimum Gasteiger partial charge on any atom is -0.449 e. The van der Waals surface area contributed by atoms with E-state index >= 15 is 0 Å². The third-order valence-corrected chi connectivity index (χ3v) is 3.17. The fourth-order valence-electron chi connectivity index (χ4n) is 2.36. The molecule has 0 amide bonds. The molecule has 0 aromatic heterocycles. The van der Waals surface area contributed by atoms with Crippen LogP contribution in [0.1, 0.15) is 15.9 Å². The molecule has 110 valence electrons. The van der Waals surface area contributed by atoms with E-state index in [1.54, 1.807) is 6.07 Å². The second kappa shape index (κ2) is 4.88. The molecule has 3 rings (SSSR count). The van der Waals surface area contributed by atoms with Crippen LogP contribution in [0.15, 0.2) is 36.4 Å². The number of fused-ring (bicyclic) bond motifs is 3. The van der Waals surface area contributed by atoms with Gasteiger partial charge in [-0.3, -0.25) is 4.79 Å². The molecule has 0 heterocycles.